The predicted molar refractivity (Wildman–Crippen MR) is 70.9 cm³/mol. The Labute approximate surface area is 106 Å². The van der Waals surface area contributed by atoms with E-state index in [1.807, 2.05) is 6.92 Å². The standard InChI is InChI=1S/C13H18N2O3/c1-4-5-13(17)14-10-6-7-12(16)11(8-10)9(2)15-18-3/h6-8,16H,4-5H2,1-3H3,(H,14,17)/b15-9+. The van der Waals surface area contributed by atoms with Crippen LogP contribution in [0.3, 0.4) is 0 Å². The van der Waals surface area contributed by atoms with E-state index in [1.54, 1.807) is 19.1 Å². The third-order valence-corrected chi connectivity index (χ3v) is 2.38. The molecule has 1 rings (SSSR count). The summed E-state index contributed by atoms with van der Waals surface area (Å²) in [4.78, 5) is 16.1. The van der Waals surface area contributed by atoms with Crippen LogP contribution in [0.2, 0.25) is 0 Å². The van der Waals surface area contributed by atoms with Crippen LogP contribution in [0, 0.1) is 0 Å². The minimum absolute atomic E-state index is 0.0459. The molecule has 0 heterocycles. The summed E-state index contributed by atoms with van der Waals surface area (Å²) in [6.45, 7) is 3.66. The molecule has 0 aromatic heterocycles. The Morgan fingerprint density at radius 2 is 2.22 bits per heavy atom. The van der Waals surface area contributed by atoms with Gasteiger partial charge in [0.2, 0.25) is 5.91 Å². The van der Waals surface area contributed by atoms with Gasteiger partial charge in [-0.2, -0.15) is 0 Å². The van der Waals surface area contributed by atoms with Crippen molar-refractivity contribution in [3.05, 3.63) is 23.8 Å². The lowest BCUT2D eigenvalue weighted by Crippen LogP contribution is -2.11. The summed E-state index contributed by atoms with van der Waals surface area (Å²) < 4.78 is 0. The number of carbonyl (C=O) groups excluding carboxylic acids is 1. The first kappa shape index (κ1) is 14.0. The second-order valence-electron chi connectivity index (χ2n) is 3.89. The van der Waals surface area contributed by atoms with Gasteiger partial charge < -0.3 is 15.3 Å². The Morgan fingerprint density at radius 1 is 1.50 bits per heavy atom. The van der Waals surface area contributed by atoms with Crippen LogP contribution in [0.4, 0.5) is 5.69 Å². The molecular formula is C13H18N2O3. The SMILES string of the molecule is CCCC(=O)Nc1ccc(O)c(/C(C)=N/OC)c1. The van der Waals surface area contributed by atoms with Gasteiger partial charge in [0.05, 0.1) is 5.71 Å². The smallest absolute Gasteiger partial charge is 0.224 e. The van der Waals surface area contributed by atoms with Gasteiger partial charge in [0, 0.05) is 17.7 Å². The van der Waals surface area contributed by atoms with Gasteiger partial charge >= 0.3 is 0 Å². The summed E-state index contributed by atoms with van der Waals surface area (Å²) in [6, 6.07) is 4.83. The van der Waals surface area contributed by atoms with Crippen LogP contribution in [0.25, 0.3) is 0 Å². The molecule has 0 saturated carbocycles. The summed E-state index contributed by atoms with van der Waals surface area (Å²) in [5, 5.41) is 16.2. The number of oxime groups is 1. The molecule has 0 aliphatic carbocycles. The molecule has 1 aromatic rings. The van der Waals surface area contributed by atoms with Crippen LogP contribution in [-0.2, 0) is 9.63 Å². The van der Waals surface area contributed by atoms with Crippen molar-refractivity contribution < 1.29 is 14.7 Å². The van der Waals surface area contributed by atoms with E-state index in [1.165, 1.54) is 13.2 Å². The molecule has 0 spiro atoms. The first-order valence-corrected chi connectivity index (χ1v) is 5.79. The minimum atomic E-state index is -0.0459. The maximum Gasteiger partial charge on any atom is 0.224 e. The maximum absolute atomic E-state index is 11.5. The highest BCUT2D eigenvalue weighted by Gasteiger charge is 2.08. The third kappa shape index (κ3) is 3.76. The molecule has 18 heavy (non-hydrogen) atoms. The van der Waals surface area contributed by atoms with Crippen molar-refractivity contribution in [2.45, 2.75) is 26.7 Å². The van der Waals surface area contributed by atoms with E-state index in [0.29, 0.717) is 23.4 Å². The van der Waals surface area contributed by atoms with E-state index >= 15 is 0 Å². The molecule has 0 unspecified atom stereocenters. The third-order valence-electron chi connectivity index (χ3n) is 2.38. The number of amides is 1. The van der Waals surface area contributed by atoms with Gasteiger partial charge in [0.15, 0.2) is 0 Å². The van der Waals surface area contributed by atoms with E-state index < -0.39 is 0 Å². The average Bonchev–Trinajstić information content (AvgIpc) is 2.32. The number of hydrogen-bond donors (Lipinski definition) is 2. The fourth-order valence-corrected chi connectivity index (χ4v) is 1.54. The topological polar surface area (TPSA) is 70.9 Å². The zero-order chi connectivity index (χ0) is 13.5. The number of carbonyl (C=O) groups is 1. The Bertz CT molecular complexity index is 456. The number of phenols is 1. The number of phenolic OH excluding ortho intramolecular Hbond substituents is 1. The maximum atomic E-state index is 11.5. The van der Waals surface area contributed by atoms with E-state index in [2.05, 4.69) is 15.3 Å². The van der Waals surface area contributed by atoms with Crippen LogP contribution in [0.5, 0.6) is 5.75 Å². The number of nitrogens with zero attached hydrogens (tertiary/aromatic N) is 1. The second-order valence-corrected chi connectivity index (χ2v) is 3.89. The van der Waals surface area contributed by atoms with Gasteiger partial charge in [-0.25, -0.2) is 0 Å². The normalized spacial score (nSPS) is 11.2. The molecule has 5 nitrogen and oxygen atoms in total. The Morgan fingerprint density at radius 3 is 2.83 bits per heavy atom. The molecule has 0 radical (unpaired) electrons. The number of anilines is 1. The molecule has 0 saturated heterocycles. The Hall–Kier alpha value is -2.04. The van der Waals surface area contributed by atoms with Gasteiger partial charge in [-0.3, -0.25) is 4.79 Å². The zero-order valence-electron chi connectivity index (χ0n) is 10.9. The average molecular weight is 250 g/mol. The van der Waals surface area contributed by atoms with Gasteiger partial charge in [-0.15, -0.1) is 0 Å². The lowest BCUT2D eigenvalue weighted by atomic mass is 10.1. The van der Waals surface area contributed by atoms with Gasteiger partial charge in [0.1, 0.15) is 12.9 Å². The molecule has 0 aliphatic heterocycles. The minimum Gasteiger partial charge on any atom is -0.507 e. The quantitative estimate of drug-likeness (QED) is 0.479. The number of nitrogens with one attached hydrogen (secondary N) is 1. The predicted octanol–water partition coefficient (Wildman–Crippen LogP) is 2.50. The van der Waals surface area contributed by atoms with Gasteiger partial charge in [0.25, 0.3) is 0 Å². The molecule has 1 amide bonds. The van der Waals surface area contributed by atoms with Crippen molar-refractivity contribution >= 4 is 17.3 Å². The van der Waals surface area contributed by atoms with Crippen LogP contribution in [0.15, 0.2) is 23.4 Å². The lowest BCUT2D eigenvalue weighted by molar-refractivity contribution is -0.116. The largest absolute Gasteiger partial charge is 0.507 e. The highest BCUT2D eigenvalue weighted by molar-refractivity contribution is 6.02. The first-order valence-electron chi connectivity index (χ1n) is 5.79. The van der Waals surface area contributed by atoms with Crippen molar-refractivity contribution in [2.24, 2.45) is 5.16 Å². The van der Waals surface area contributed by atoms with Crippen molar-refractivity contribution in [3.8, 4) is 5.75 Å². The van der Waals surface area contributed by atoms with Gasteiger partial charge in [-0.05, 0) is 31.5 Å². The fourth-order valence-electron chi connectivity index (χ4n) is 1.54. The zero-order valence-corrected chi connectivity index (χ0v) is 10.9. The summed E-state index contributed by atoms with van der Waals surface area (Å²) in [7, 11) is 1.44. The Balaban J connectivity index is 2.94. The van der Waals surface area contributed by atoms with Crippen LogP contribution in [-0.4, -0.2) is 23.8 Å². The van der Waals surface area contributed by atoms with Crippen molar-refractivity contribution in [3.63, 3.8) is 0 Å². The summed E-state index contributed by atoms with van der Waals surface area (Å²) in [5.74, 6) is 0.0530. The van der Waals surface area contributed by atoms with Crippen molar-refractivity contribution in [1.29, 1.82) is 0 Å². The van der Waals surface area contributed by atoms with Crippen LogP contribution in [0.1, 0.15) is 32.3 Å². The van der Waals surface area contributed by atoms with Crippen LogP contribution < -0.4 is 5.32 Å². The molecule has 0 aliphatic rings. The molecule has 2 N–H and O–H groups in total. The summed E-state index contributed by atoms with van der Waals surface area (Å²) >= 11 is 0. The number of rotatable bonds is 5. The van der Waals surface area contributed by atoms with E-state index in [4.69, 9.17) is 0 Å². The lowest BCUT2D eigenvalue weighted by Gasteiger charge is -2.08. The van der Waals surface area contributed by atoms with Crippen molar-refractivity contribution in [2.75, 3.05) is 12.4 Å². The molecule has 0 fully saturated rings. The first-order chi connectivity index (χ1) is 8.58. The number of benzene rings is 1. The van der Waals surface area contributed by atoms with E-state index in [0.717, 1.165) is 6.42 Å². The highest BCUT2D eigenvalue weighted by atomic mass is 16.6. The number of hydrogen-bond acceptors (Lipinski definition) is 4. The molecule has 0 atom stereocenters. The van der Waals surface area contributed by atoms with Crippen LogP contribution >= 0.6 is 0 Å². The monoisotopic (exact) mass is 250 g/mol. The number of aromatic hydroxyl groups is 1. The fraction of sp³-hybridized carbons (Fsp3) is 0.385. The van der Waals surface area contributed by atoms with Crippen molar-refractivity contribution in [1.82, 2.24) is 0 Å². The summed E-state index contributed by atoms with van der Waals surface area (Å²) in [5.41, 5.74) is 1.71. The van der Waals surface area contributed by atoms with E-state index in [9.17, 15) is 9.90 Å². The highest BCUT2D eigenvalue weighted by Crippen LogP contribution is 2.22. The molecule has 0 bridgehead atoms. The molecular weight excluding hydrogens is 232 g/mol. The molecule has 98 valence electrons. The molecule has 1 aromatic carbocycles. The Kier molecular flexibility index (Phi) is 5.17. The second kappa shape index (κ2) is 6.64. The summed E-state index contributed by atoms with van der Waals surface area (Å²) in [6.07, 6.45) is 1.27. The van der Waals surface area contributed by atoms with Gasteiger partial charge in [-0.1, -0.05) is 12.1 Å². The molecule has 5 heteroatoms. The van der Waals surface area contributed by atoms with E-state index in [-0.39, 0.29) is 11.7 Å².